The molecular weight excluding hydrogens is 265 g/mol. The summed E-state index contributed by atoms with van der Waals surface area (Å²) in [5.74, 6) is -1.58. The smallest absolute Gasteiger partial charge is 0.442 e. The molecule has 0 bridgehead atoms. The zero-order valence-electron chi connectivity index (χ0n) is 7.71. The highest BCUT2D eigenvalue weighted by molar-refractivity contribution is 7.99. The largest absolute Gasteiger partial charge is 0.478 e. The molecule has 0 radical (unpaired) electrons. The molecule has 0 spiro atoms. The summed E-state index contributed by atoms with van der Waals surface area (Å²) in [4.78, 5) is 10.6. The molecule has 0 heterocycles. The van der Waals surface area contributed by atoms with Gasteiger partial charge in [-0.2, -0.15) is 13.2 Å². The summed E-state index contributed by atoms with van der Waals surface area (Å²) >= 11 is 5.35. The Hall–Kier alpha value is -0.880. The normalized spacial score (nSPS) is 11.5. The van der Waals surface area contributed by atoms with Crippen molar-refractivity contribution < 1.29 is 23.1 Å². The first-order valence-electron chi connectivity index (χ1n) is 4.01. The predicted molar refractivity (Wildman–Crippen MR) is 55.8 cm³/mol. The molecule has 0 saturated heterocycles. The number of benzene rings is 1. The minimum Gasteiger partial charge on any atom is -0.478 e. The lowest BCUT2D eigenvalue weighted by atomic mass is 10.1. The number of halogens is 4. The SMILES string of the molecule is O=C(O)c1cc(Cl)cc(CSC(F)(F)F)c1. The minimum atomic E-state index is -4.34. The standard InChI is InChI=1S/C9H6ClF3O2S/c10-7-2-5(4-16-9(11,12)13)1-6(3-7)8(14)15/h1-3H,4H2,(H,14,15). The highest BCUT2D eigenvalue weighted by Crippen LogP contribution is 2.33. The Kier molecular flexibility index (Phi) is 4.09. The van der Waals surface area contributed by atoms with E-state index in [9.17, 15) is 18.0 Å². The molecule has 88 valence electrons. The van der Waals surface area contributed by atoms with Crippen molar-refractivity contribution in [3.8, 4) is 0 Å². The molecule has 2 nitrogen and oxygen atoms in total. The second-order valence-electron chi connectivity index (χ2n) is 2.89. The van der Waals surface area contributed by atoms with Gasteiger partial charge in [0.2, 0.25) is 0 Å². The van der Waals surface area contributed by atoms with Gasteiger partial charge in [-0.15, -0.1) is 0 Å². The number of hydrogen-bond donors (Lipinski definition) is 1. The molecular formula is C9H6ClF3O2S. The lowest BCUT2D eigenvalue weighted by Gasteiger charge is -2.06. The molecule has 1 rings (SSSR count). The van der Waals surface area contributed by atoms with Crippen molar-refractivity contribution in [2.45, 2.75) is 11.3 Å². The fraction of sp³-hybridized carbons (Fsp3) is 0.222. The summed E-state index contributed by atoms with van der Waals surface area (Å²) in [6, 6.07) is 3.67. The van der Waals surface area contributed by atoms with E-state index in [4.69, 9.17) is 16.7 Å². The van der Waals surface area contributed by atoms with Gasteiger partial charge in [-0.25, -0.2) is 4.79 Å². The van der Waals surface area contributed by atoms with Gasteiger partial charge in [-0.1, -0.05) is 11.6 Å². The lowest BCUT2D eigenvalue weighted by molar-refractivity contribution is -0.0329. The van der Waals surface area contributed by atoms with Gasteiger partial charge in [0.15, 0.2) is 0 Å². The number of carboxylic acids is 1. The number of alkyl halides is 3. The molecule has 16 heavy (non-hydrogen) atoms. The van der Waals surface area contributed by atoms with Crippen molar-refractivity contribution >= 4 is 29.3 Å². The maximum Gasteiger partial charge on any atom is 0.442 e. The molecule has 0 atom stereocenters. The second-order valence-corrected chi connectivity index (χ2v) is 4.36. The molecule has 0 saturated carbocycles. The molecule has 1 N–H and O–H groups in total. The van der Waals surface area contributed by atoms with Crippen LogP contribution in [0.3, 0.4) is 0 Å². The van der Waals surface area contributed by atoms with E-state index in [1.165, 1.54) is 18.2 Å². The first kappa shape index (κ1) is 13.2. The van der Waals surface area contributed by atoms with Gasteiger partial charge >= 0.3 is 11.5 Å². The summed E-state index contributed by atoms with van der Waals surface area (Å²) in [5.41, 5.74) is -4.23. The van der Waals surface area contributed by atoms with Crippen molar-refractivity contribution in [2.75, 3.05) is 0 Å². The zero-order valence-corrected chi connectivity index (χ0v) is 9.29. The van der Waals surface area contributed by atoms with Crippen LogP contribution in [0, 0.1) is 0 Å². The lowest BCUT2D eigenvalue weighted by Crippen LogP contribution is -2.02. The van der Waals surface area contributed by atoms with Crippen LogP contribution in [0.25, 0.3) is 0 Å². The molecule has 0 aromatic heterocycles. The van der Waals surface area contributed by atoms with E-state index in [1.54, 1.807) is 0 Å². The molecule has 1 aromatic carbocycles. The summed E-state index contributed by atoms with van der Waals surface area (Å²) < 4.78 is 35.7. The van der Waals surface area contributed by atoms with Gasteiger partial charge in [-0.05, 0) is 35.5 Å². The van der Waals surface area contributed by atoms with Gasteiger partial charge in [0.25, 0.3) is 0 Å². The van der Waals surface area contributed by atoms with Crippen LogP contribution in [0.4, 0.5) is 13.2 Å². The molecule has 7 heteroatoms. The van der Waals surface area contributed by atoms with Crippen LogP contribution in [0.2, 0.25) is 5.02 Å². The number of rotatable bonds is 3. The van der Waals surface area contributed by atoms with E-state index < -0.39 is 11.5 Å². The fourth-order valence-corrected chi connectivity index (χ4v) is 1.78. The first-order chi connectivity index (χ1) is 7.28. The third kappa shape index (κ3) is 4.32. The van der Waals surface area contributed by atoms with E-state index >= 15 is 0 Å². The zero-order chi connectivity index (χ0) is 12.3. The third-order valence-electron chi connectivity index (χ3n) is 1.61. The predicted octanol–water partition coefficient (Wildman–Crippen LogP) is 3.79. The Morgan fingerprint density at radius 2 is 2.00 bits per heavy atom. The Bertz CT molecular complexity index is 406. The second kappa shape index (κ2) is 4.97. The Labute approximate surface area is 98.4 Å². The van der Waals surface area contributed by atoms with Crippen LogP contribution >= 0.6 is 23.4 Å². The van der Waals surface area contributed by atoms with E-state index in [0.717, 1.165) is 0 Å². The highest BCUT2D eigenvalue weighted by atomic mass is 35.5. The van der Waals surface area contributed by atoms with Crippen molar-refractivity contribution in [3.63, 3.8) is 0 Å². The number of carbonyl (C=O) groups is 1. The van der Waals surface area contributed by atoms with Crippen LogP contribution in [0.1, 0.15) is 15.9 Å². The molecule has 0 aliphatic carbocycles. The van der Waals surface area contributed by atoms with Crippen molar-refractivity contribution in [1.29, 1.82) is 0 Å². The van der Waals surface area contributed by atoms with Gasteiger partial charge in [0.05, 0.1) is 5.56 Å². The van der Waals surface area contributed by atoms with Gasteiger partial charge < -0.3 is 5.11 Å². The third-order valence-corrected chi connectivity index (χ3v) is 2.63. The number of thioether (sulfide) groups is 1. The average molecular weight is 271 g/mol. The Morgan fingerprint density at radius 1 is 1.38 bits per heavy atom. The van der Waals surface area contributed by atoms with Gasteiger partial charge in [0.1, 0.15) is 0 Å². The van der Waals surface area contributed by atoms with Crippen molar-refractivity contribution in [2.24, 2.45) is 0 Å². The molecule has 0 unspecified atom stereocenters. The summed E-state index contributed by atoms with van der Waals surface area (Å²) in [6.07, 6.45) is 0. The average Bonchev–Trinajstić information content (AvgIpc) is 2.13. The maximum atomic E-state index is 11.9. The number of aromatic carboxylic acids is 1. The van der Waals surface area contributed by atoms with Crippen LogP contribution in [0.15, 0.2) is 18.2 Å². The number of hydrogen-bond acceptors (Lipinski definition) is 2. The number of carboxylic acid groups (broad SMARTS) is 1. The molecule has 0 aliphatic heterocycles. The van der Waals surface area contributed by atoms with E-state index in [-0.39, 0.29) is 33.7 Å². The quantitative estimate of drug-likeness (QED) is 0.908. The van der Waals surface area contributed by atoms with Crippen LogP contribution in [0.5, 0.6) is 0 Å². The topological polar surface area (TPSA) is 37.3 Å². The summed E-state index contributed by atoms with van der Waals surface area (Å²) in [7, 11) is 0. The van der Waals surface area contributed by atoms with Crippen LogP contribution in [-0.4, -0.2) is 16.6 Å². The fourth-order valence-electron chi connectivity index (χ4n) is 1.02. The monoisotopic (exact) mass is 270 g/mol. The van der Waals surface area contributed by atoms with E-state index in [2.05, 4.69) is 0 Å². The summed E-state index contributed by atoms with van der Waals surface area (Å²) in [6.45, 7) is 0. The summed E-state index contributed by atoms with van der Waals surface area (Å²) in [5, 5.41) is 8.78. The molecule has 0 aliphatic rings. The Morgan fingerprint density at radius 3 is 2.50 bits per heavy atom. The van der Waals surface area contributed by atoms with E-state index in [1.807, 2.05) is 0 Å². The van der Waals surface area contributed by atoms with Crippen LogP contribution in [-0.2, 0) is 5.75 Å². The molecule has 0 fully saturated rings. The first-order valence-corrected chi connectivity index (χ1v) is 5.38. The Balaban J connectivity index is 2.85. The highest BCUT2D eigenvalue weighted by Gasteiger charge is 2.28. The minimum absolute atomic E-state index is 0.109. The van der Waals surface area contributed by atoms with Crippen LogP contribution < -0.4 is 0 Å². The van der Waals surface area contributed by atoms with Gasteiger partial charge in [-0.3, -0.25) is 0 Å². The van der Waals surface area contributed by atoms with Gasteiger partial charge in [0, 0.05) is 10.8 Å². The molecule has 1 aromatic rings. The molecule has 0 amide bonds. The van der Waals surface area contributed by atoms with Crippen molar-refractivity contribution in [3.05, 3.63) is 34.3 Å². The van der Waals surface area contributed by atoms with Crippen molar-refractivity contribution in [1.82, 2.24) is 0 Å². The van der Waals surface area contributed by atoms with E-state index in [0.29, 0.717) is 0 Å². The maximum absolute atomic E-state index is 11.9.